The molecule has 3 rings (SSSR count). The first-order valence-electron chi connectivity index (χ1n) is 4.55. The summed E-state index contributed by atoms with van der Waals surface area (Å²) in [5.74, 6) is 0.782. The number of aryl methyl sites for hydroxylation is 1. The van der Waals surface area contributed by atoms with Crippen molar-refractivity contribution in [3.63, 3.8) is 0 Å². The van der Waals surface area contributed by atoms with E-state index in [1.54, 1.807) is 16.8 Å². The molecule has 0 saturated carbocycles. The Morgan fingerprint density at radius 3 is 3.00 bits per heavy atom. The summed E-state index contributed by atoms with van der Waals surface area (Å²) in [6.45, 7) is 1.95. The minimum absolute atomic E-state index is 0.748. The minimum Gasteiger partial charge on any atom is -0.335 e. The fourth-order valence-corrected chi connectivity index (χ4v) is 1.97. The van der Waals surface area contributed by atoms with E-state index in [0.29, 0.717) is 0 Å². The maximum Gasteiger partial charge on any atom is 0.178 e. The van der Waals surface area contributed by atoms with E-state index in [2.05, 4.69) is 19.9 Å². The molecule has 0 aliphatic carbocycles. The highest BCUT2D eigenvalue weighted by Crippen LogP contribution is 2.18. The first-order valence-corrected chi connectivity index (χ1v) is 5.49. The third kappa shape index (κ3) is 1.41. The van der Waals surface area contributed by atoms with Crippen LogP contribution in [0.5, 0.6) is 0 Å². The standard InChI is InChI=1S/C10H8N4S/c1-6-2-3-7-9(12-6)14-10(13-7)8-4-15-5-11-8/h2-5H,1H3,(H,12,13,14). The second kappa shape index (κ2) is 3.13. The Bertz CT molecular complexity index is 597. The molecule has 0 fully saturated rings. The Kier molecular flexibility index (Phi) is 1.78. The number of fused-ring (bicyclic) bond motifs is 1. The number of H-pyrrole nitrogens is 1. The molecular weight excluding hydrogens is 208 g/mol. The summed E-state index contributed by atoms with van der Waals surface area (Å²) in [5, 5.41) is 1.96. The van der Waals surface area contributed by atoms with Gasteiger partial charge in [0.2, 0.25) is 0 Å². The zero-order chi connectivity index (χ0) is 10.3. The average molecular weight is 216 g/mol. The van der Waals surface area contributed by atoms with Gasteiger partial charge >= 0.3 is 0 Å². The van der Waals surface area contributed by atoms with Gasteiger partial charge in [0.05, 0.1) is 11.0 Å². The van der Waals surface area contributed by atoms with E-state index in [4.69, 9.17) is 0 Å². The maximum absolute atomic E-state index is 4.39. The van der Waals surface area contributed by atoms with Crippen molar-refractivity contribution in [1.29, 1.82) is 0 Å². The molecule has 0 spiro atoms. The van der Waals surface area contributed by atoms with E-state index in [-0.39, 0.29) is 0 Å². The molecule has 5 heteroatoms. The van der Waals surface area contributed by atoms with Crippen LogP contribution >= 0.6 is 11.3 Å². The van der Waals surface area contributed by atoms with Crippen LogP contribution in [0.2, 0.25) is 0 Å². The maximum atomic E-state index is 4.39. The number of imidazole rings is 1. The number of thiazole rings is 1. The van der Waals surface area contributed by atoms with Crippen LogP contribution in [0.15, 0.2) is 23.0 Å². The summed E-state index contributed by atoms with van der Waals surface area (Å²) in [7, 11) is 0. The number of aromatic amines is 1. The molecule has 0 saturated heterocycles. The second-order valence-corrected chi connectivity index (χ2v) is 4.00. The number of aromatic nitrogens is 4. The van der Waals surface area contributed by atoms with Gasteiger partial charge in [-0.05, 0) is 19.1 Å². The summed E-state index contributed by atoms with van der Waals surface area (Å²) in [6, 6.07) is 3.95. The molecular formula is C10H8N4S. The van der Waals surface area contributed by atoms with Gasteiger partial charge < -0.3 is 4.98 Å². The van der Waals surface area contributed by atoms with Gasteiger partial charge in [0.15, 0.2) is 11.5 Å². The van der Waals surface area contributed by atoms with Gasteiger partial charge in [-0.3, -0.25) is 0 Å². The van der Waals surface area contributed by atoms with Crippen molar-refractivity contribution in [3.05, 3.63) is 28.7 Å². The van der Waals surface area contributed by atoms with Gasteiger partial charge in [-0.1, -0.05) is 0 Å². The first-order chi connectivity index (χ1) is 7.33. The molecule has 4 nitrogen and oxygen atoms in total. The Morgan fingerprint density at radius 1 is 1.27 bits per heavy atom. The Labute approximate surface area is 90.0 Å². The van der Waals surface area contributed by atoms with Gasteiger partial charge in [-0.25, -0.2) is 15.0 Å². The lowest BCUT2D eigenvalue weighted by atomic mass is 10.4. The second-order valence-electron chi connectivity index (χ2n) is 3.28. The zero-order valence-corrected chi connectivity index (χ0v) is 8.88. The molecule has 1 N–H and O–H groups in total. The van der Waals surface area contributed by atoms with Crippen molar-refractivity contribution >= 4 is 22.5 Å². The van der Waals surface area contributed by atoms with Gasteiger partial charge in [0, 0.05) is 11.1 Å². The van der Waals surface area contributed by atoms with Crippen LogP contribution in [0.3, 0.4) is 0 Å². The van der Waals surface area contributed by atoms with Gasteiger partial charge in [0.1, 0.15) is 5.69 Å². The topological polar surface area (TPSA) is 54.5 Å². The molecule has 3 heterocycles. The van der Waals surface area contributed by atoms with Crippen LogP contribution in [-0.2, 0) is 0 Å². The van der Waals surface area contributed by atoms with Crippen molar-refractivity contribution in [2.75, 3.05) is 0 Å². The molecule has 0 aliphatic rings. The van der Waals surface area contributed by atoms with E-state index in [9.17, 15) is 0 Å². The van der Waals surface area contributed by atoms with Crippen LogP contribution in [0, 0.1) is 6.92 Å². The van der Waals surface area contributed by atoms with Crippen LogP contribution in [-0.4, -0.2) is 19.9 Å². The fourth-order valence-electron chi connectivity index (χ4n) is 1.44. The van der Waals surface area contributed by atoms with Crippen molar-refractivity contribution in [2.45, 2.75) is 6.92 Å². The Morgan fingerprint density at radius 2 is 2.20 bits per heavy atom. The third-order valence-corrected chi connectivity index (χ3v) is 2.75. The monoisotopic (exact) mass is 216 g/mol. The largest absolute Gasteiger partial charge is 0.335 e. The fraction of sp³-hybridized carbons (Fsp3) is 0.100. The van der Waals surface area contributed by atoms with Crippen molar-refractivity contribution in [2.24, 2.45) is 0 Å². The highest BCUT2D eigenvalue weighted by molar-refractivity contribution is 7.07. The van der Waals surface area contributed by atoms with Crippen molar-refractivity contribution in [3.8, 4) is 11.5 Å². The SMILES string of the molecule is Cc1ccc2[nH]c(-c3cscn3)nc2n1. The van der Waals surface area contributed by atoms with Gasteiger partial charge in [-0.15, -0.1) is 11.3 Å². The summed E-state index contributed by atoms with van der Waals surface area (Å²) in [4.78, 5) is 16.1. The number of hydrogen-bond acceptors (Lipinski definition) is 4. The van der Waals surface area contributed by atoms with Crippen LogP contribution in [0.25, 0.3) is 22.7 Å². The number of rotatable bonds is 1. The molecule has 0 aliphatic heterocycles. The molecule has 3 aromatic heterocycles. The highest BCUT2D eigenvalue weighted by atomic mass is 32.1. The lowest BCUT2D eigenvalue weighted by Gasteiger charge is -1.88. The van der Waals surface area contributed by atoms with Gasteiger partial charge in [0.25, 0.3) is 0 Å². The molecule has 0 aromatic carbocycles. The zero-order valence-electron chi connectivity index (χ0n) is 8.06. The molecule has 0 unspecified atom stereocenters. The van der Waals surface area contributed by atoms with Crippen molar-refractivity contribution in [1.82, 2.24) is 19.9 Å². The van der Waals surface area contributed by atoms with E-state index in [1.165, 1.54) is 0 Å². The molecule has 3 aromatic rings. The summed E-state index contributed by atoms with van der Waals surface area (Å²) >= 11 is 1.56. The first kappa shape index (κ1) is 8.55. The number of nitrogens with zero attached hydrogens (tertiary/aromatic N) is 3. The van der Waals surface area contributed by atoms with Crippen LogP contribution in [0.1, 0.15) is 5.69 Å². The number of nitrogens with one attached hydrogen (secondary N) is 1. The van der Waals surface area contributed by atoms with Crippen LogP contribution < -0.4 is 0 Å². The molecule has 0 atom stereocenters. The Hall–Kier alpha value is -1.75. The van der Waals surface area contributed by atoms with E-state index in [1.807, 2.05) is 24.4 Å². The molecule has 74 valence electrons. The highest BCUT2D eigenvalue weighted by Gasteiger charge is 2.07. The summed E-state index contributed by atoms with van der Waals surface area (Å²) in [5.41, 5.74) is 5.33. The molecule has 15 heavy (non-hydrogen) atoms. The van der Waals surface area contributed by atoms with Crippen LogP contribution in [0.4, 0.5) is 0 Å². The predicted molar refractivity (Wildman–Crippen MR) is 59.7 cm³/mol. The van der Waals surface area contributed by atoms with Crippen molar-refractivity contribution < 1.29 is 0 Å². The van der Waals surface area contributed by atoms with E-state index < -0.39 is 0 Å². The summed E-state index contributed by atoms with van der Waals surface area (Å²) < 4.78 is 0. The minimum atomic E-state index is 0.748. The Balaban J connectivity index is 2.22. The molecule has 0 amide bonds. The number of hydrogen-bond donors (Lipinski definition) is 1. The third-order valence-electron chi connectivity index (χ3n) is 2.16. The lowest BCUT2D eigenvalue weighted by molar-refractivity contribution is 1.21. The van der Waals surface area contributed by atoms with E-state index >= 15 is 0 Å². The quantitative estimate of drug-likeness (QED) is 0.679. The molecule has 0 bridgehead atoms. The smallest absolute Gasteiger partial charge is 0.178 e. The normalized spacial score (nSPS) is 11.0. The lowest BCUT2D eigenvalue weighted by Crippen LogP contribution is -1.80. The van der Waals surface area contributed by atoms with E-state index in [0.717, 1.165) is 28.4 Å². The summed E-state index contributed by atoms with van der Waals surface area (Å²) in [6.07, 6.45) is 0. The molecule has 0 radical (unpaired) electrons. The number of pyridine rings is 1. The van der Waals surface area contributed by atoms with Gasteiger partial charge in [-0.2, -0.15) is 0 Å². The average Bonchev–Trinajstić information content (AvgIpc) is 2.84. The predicted octanol–water partition coefficient (Wildman–Crippen LogP) is 2.39.